The molecule has 1 aromatic carbocycles. The van der Waals surface area contributed by atoms with Gasteiger partial charge in [0, 0.05) is 17.5 Å². The maximum Gasteiger partial charge on any atom is 0.191 e. The summed E-state index contributed by atoms with van der Waals surface area (Å²) in [6, 6.07) is 9.95. The predicted molar refractivity (Wildman–Crippen MR) is 108 cm³/mol. The van der Waals surface area contributed by atoms with Gasteiger partial charge in [0.1, 0.15) is 23.5 Å². The molecule has 138 valence electrons. The van der Waals surface area contributed by atoms with Crippen LogP contribution in [0.4, 0.5) is 0 Å². The van der Waals surface area contributed by atoms with Gasteiger partial charge in [-0.15, -0.1) is 0 Å². The van der Waals surface area contributed by atoms with E-state index in [0.29, 0.717) is 19.0 Å². The lowest BCUT2D eigenvalue weighted by Gasteiger charge is -2.24. The molecular formula is C20H25N3O2S. The number of aliphatic hydroxyl groups is 1. The minimum atomic E-state index is -0.953. The van der Waals surface area contributed by atoms with Crippen molar-refractivity contribution in [2.75, 3.05) is 13.1 Å². The molecule has 0 saturated heterocycles. The molecule has 0 aliphatic rings. The molecule has 3 rings (SSSR count). The summed E-state index contributed by atoms with van der Waals surface area (Å²) >= 11 is 1.58. The van der Waals surface area contributed by atoms with Crippen LogP contribution in [0.15, 0.2) is 50.5 Å². The Morgan fingerprint density at radius 3 is 2.77 bits per heavy atom. The largest absolute Gasteiger partial charge is 0.459 e. The Morgan fingerprint density at radius 2 is 2.08 bits per heavy atom. The first-order valence-corrected chi connectivity index (χ1v) is 9.70. The van der Waals surface area contributed by atoms with Gasteiger partial charge in [0.2, 0.25) is 0 Å². The zero-order valence-electron chi connectivity index (χ0n) is 15.4. The molecule has 0 aliphatic carbocycles. The fourth-order valence-corrected chi connectivity index (χ4v) is 3.58. The van der Waals surface area contributed by atoms with E-state index in [0.717, 1.165) is 34.4 Å². The standard InChI is InChI=1S/C20H25N3O2S/c1-4-21-19(23-13-20(3,24)15-9-10-26-12-15)22-11-18-14(2)16-7-5-6-8-17(16)25-18/h5-10,12,24H,4,11,13H2,1-3H3,(H2,21,22,23). The molecule has 3 N–H and O–H groups in total. The van der Waals surface area contributed by atoms with Crippen molar-refractivity contribution < 1.29 is 9.52 Å². The molecule has 0 amide bonds. The number of thiophene rings is 1. The first-order chi connectivity index (χ1) is 12.5. The van der Waals surface area contributed by atoms with Gasteiger partial charge in [0.15, 0.2) is 5.96 Å². The SMILES string of the molecule is CCNC(=NCc1oc2ccccc2c1C)NCC(C)(O)c1ccsc1. The van der Waals surface area contributed by atoms with Crippen molar-refractivity contribution in [1.29, 1.82) is 0 Å². The third kappa shape index (κ3) is 4.08. The molecule has 0 fully saturated rings. The number of nitrogens with one attached hydrogen (secondary N) is 2. The minimum absolute atomic E-state index is 0.370. The fraction of sp³-hybridized carbons (Fsp3) is 0.350. The number of hydrogen-bond acceptors (Lipinski definition) is 4. The topological polar surface area (TPSA) is 69.8 Å². The van der Waals surface area contributed by atoms with Gasteiger partial charge in [-0.05, 0) is 49.2 Å². The number of nitrogens with zero attached hydrogens (tertiary/aromatic N) is 1. The number of guanidine groups is 1. The van der Waals surface area contributed by atoms with Crippen LogP contribution in [0.1, 0.15) is 30.7 Å². The van der Waals surface area contributed by atoms with Gasteiger partial charge in [0.25, 0.3) is 0 Å². The highest BCUT2D eigenvalue weighted by Gasteiger charge is 2.23. The van der Waals surface area contributed by atoms with Crippen LogP contribution in [-0.4, -0.2) is 24.2 Å². The van der Waals surface area contributed by atoms with Crippen molar-refractivity contribution >= 4 is 28.3 Å². The van der Waals surface area contributed by atoms with Crippen LogP contribution in [0, 0.1) is 6.92 Å². The fourth-order valence-electron chi connectivity index (χ4n) is 2.80. The molecule has 0 spiro atoms. The van der Waals surface area contributed by atoms with E-state index in [9.17, 15) is 5.11 Å². The monoisotopic (exact) mass is 371 g/mol. The molecule has 3 aromatic rings. The number of hydrogen-bond donors (Lipinski definition) is 3. The van der Waals surface area contributed by atoms with Gasteiger partial charge in [-0.1, -0.05) is 18.2 Å². The van der Waals surface area contributed by atoms with E-state index >= 15 is 0 Å². The molecule has 0 aliphatic heterocycles. The van der Waals surface area contributed by atoms with Crippen LogP contribution in [0.5, 0.6) is 0 Å². The maximum atomic E-state index is 10.7. The molecule has 1 atom stereocenters. The second-order valence-electron chi connectivity index (χ2n) is 6.48. The van der Waals surface area contributed by atoms with E-state index in [1.54, 1.807) is 18.3 Å². The van der Waals surface area contributed by atoms with Crippen molar-refractivity contribution in [2.45, 2.75) is 32.9 Å². The Hall–Kier alpha value is -2.31. The summed E-state index contributed by atoms with van der Waals surface area (Å²) in [4.78, 5) is 4.62. The number of aryl methyl sites for hydroxylation is 1. The lowest BCUT2D eigenvalue weighted by molar-refractivity contribution is 0.0621. The predicted octanol–water partition coefficient (Wildman–Crippen LogP) is 3.77. The van der Waals surface area contributed by atoms with Gasteiger partial charge in [-0.25, -0.2) is 4.99 Å². The molecule has 0 radical (unpaired) electrons. The van der Waals surface area contributed by atoms with Crippen LogP contribution < -0.4 is 10.6 Å². The summed E-state index contributed by atoms with van der Waals surface area (Å²) in [6.45, 7) is 7.42. The second kappa shape index (κ2) is 7.93. The molecule has 0 bridgehead atoms. The average Bonchev–Trinajstić information content (AvgIpc) is 3.27. The van der Waals surface area contributed by atoms with Crippen LogP contribution in [-0.2, 0) is 12.1 Å². The van der Waals surface area contributed by atoms with Crippen molar-refractivity contribution in [3.63, 3.8) is 0 Å². The first kappa shape index (κ1) is 18.5. The molecule has 26 heavy (non-hydrogen) atoms. The van der Waals surface area contributed by atoms with Crippen LogP contribution in [0.3, 0.4) is 0 Å². The zero-order chi connectivity index (χ0) is 18.6. The van der Waals surface area contributed by atoms with E-state index in [-0.39, 0.29) is 0 Å². The first-order valence-electron chi connectivity index (χ1n) is 8.75. The van der Waals surface area contributed by atoms with Crippen molar-refractivity contribution in [1.82, 2.24) is 10.6 Å². The summed E-state index contributed by atoms with van der Waals surface area (Å²) in [6.07, 6.45) is 0. The van der Waals surface area contributed by atoms with Gasteiger partial charge < -0.3 is 20.2 Å². The Balaban J connectivity index is 1.71. The average molecular weight is 372 g/mol. The number of aliphatic imine (C=N–C) groups is 1. The van der Waals surface area contributed by atoms with E-state index in [2.05, 4.69) is 28.6 Å². The lowest BCUT2D eigenvalue weighted by atomic mass is 9.99. The summed E-state index contributed by atoms with van der Waals surface area (Å²) < 4.78 is 5.92. The Bertz CT molecular complexity index is 882. The smallest absolute Gasteiger partial charge is 0.191 e. The molecule has 2 heterocycles. The maximum absolute atomic E-state index is 10.7. The molecule has 5 nitrogen and oxygen atoms in total. The van der Waals surface area contributed by atoms with Crippen LogP contribution in [0.2, 0.25) is 0 Å². The van der Waals surface area contributed by atoms with Crippen LogP contribution in [0.25, 0.3) is 11.0 Å². The van der Waals surface area contributed by atoms with Crippen molar-refractivity contribution in [2.24, 2.45) is 4.99 Å². The summed E-state index contributed by atoms with van der Waals surface area (Å²) in [7, 11) is 0. The number of fused-ring (bicyclic) bond motifs is 1. The van der Waals surface area contributed by atoms with E-state index in [4.69, 9.17) is 4.42 Å². The lowest BCUT2D eigenvalue weighted by Crippen LogP contribution is -2.44. The molecular weight excluding hydrogens is 346 g/mol. The summed E-state index contributed by atoms with van der Waals surface area (Å²) in [5.41, 5.74) is 1.95. The van der Waals surface area contributed by atoms with Gasteiger partial charge >= 0.3 is 0 Å². The molecule has 0 saturated carbocycles. The number of furan rings is 1. The van der Waals surface area contributed by atoms with E-state index in [1.807, 2.05) is 41.9 Å². The van der Waals surface area contributed by atoms with E-state index in [1.165, 1.54) is 0 Å². The van der Waals surface area contributed by atoms with Gasteiger partial charge in [-0.3, -0.25) is 0 Å². The number of para-hydroxylation sites is 1. The van der Waals surface area contributed by atoms with Gasteiger partial charge in [0.05, 0.1) is 6.54 Å². The highest BCUT2D eigenvalue weighted by atomic mass is 32.1. The second-order valence-corrected chi connectivity index (χ2v) is 7.26. The highest BCUT2D eigenvalue weighted by Crippen LogP contribution is 2.25. The number of rotatable bonds is 6. The number of benzene rings is 1. The highest BCUT2D eigenvalue weighted by molar-refractivity contribution is 7.08. The quantitative estimate of drug-likeness (QED) is 0.456. The van der Waals surface area contributed by atoms with E-state index < -0.39 is 5.60 Å². The van der Waals surface area contributed by atoms with Crippen molar-refractivity contribution in [3.05, 3.63) is 58.0 Å². The Kier molecular flexibility index (Phi) is 5.64. The third-order valence-corrected chi connectivity index (χ3v) is 5.09. The molecule has 1 unspecified atom stereocenters. The molecule has 6 heteroatoms. The zero-order valence-corrected chi connectivity index (χ0v) is 16.2. The minimum Gasteiger partial charge on any atom is -0.459 e. The third-order valence-electron chi connectivity index (χ3n) is 4.41. The summed E-state index contributed by atoms with van der Waals surface area (Å²) in [5, 5.41) is 22.1. The van der Waals surface area contributed by atoms with Gasteiger partial charge in [-0.2, -0.15) is 11.3 Å². The van der Waals surface area contributed by atoms with Crippen molar-refractivity contribution in [3.8, 4) is 0 Å². The van der Waals surface area contributed by atoms with Crippen LogP contribution >= 0.6 is 11.3 Å². The molecule has 2 aromatic heterocycles. The Morgan fingerprint density at radius 1 is 1.27 bits per heavy atom. The normalized spacial score (nSPS) is 14.4. The summed E-state index contributed by atoms with van der Waals surface area (Å²) in [5.74, 6) is 1.51. The Labute approximate surface area is 157 Å².